The molecule has 0 spiro atoms. The topological polar surface area (TPSA) is 50.8 Å². The zero-order valence-corrected chi connectivity index (χ0v) is 11.1. The van der Waals surface area contributed by atoms with Gasteiger partial charge in [0.15, 0.2) is 0 Å². The molecule has 0 aromatic rings. The van der Waals surface area contributed by atoms with Crippen LogP contribution in [0.2, 0.25) is 0 Å². The van der Waals surface area contributed by atoms with Gasteiger partial charge in [0.1, 0.15) is 0 Å². The summed E-state index contributed by atoms with van der Waals surface area (Å²) >= 11 is 0. The highest BCUT2D eigenvalue weighted by Crippen LogP contribution is 2.27. The van der Waals surface area contributed by atoms with Crippen molar-refractivity contribution in [3.05, 3.63) is 0 Å². The quantitative estimate of drug-likeness (QED) is 0.690. The molecule has 1 saturated heterocycles. The van der Waals surface area contributed by atoms with E-state index in [1.165, 1.54) is 0 Å². The van der Waals surface area contributed by atoms with Gasteiger partial charge in [0, 0.05) is 33.9 Å². The third-order valence-electron chi connectivity index (χ3n) is 3.30. The molecule has 17 heavy (non-hydrogen) atoms. The van der Waals surface area contributed by atoms with Gasteiger partial charge in [0.25, 0.3) is 0 Å². The van der Waals surface area contributed by atoms with Gasteiger partial charge >= 0.3 is 0 Å². The van der Waals surface area contributed by atoms with Crippen LogP contribution >= 0.6 is 0 Å². The minimum atomic E-state index is -0.262. The lowest BCUT2D eigenvalue weighted by Crippen LogP contribution is -2.46. The van der Waals surface area contributed by atoms with E-state index < -0.39 is 0 Å². The summed E-state index contributed by atoms with van der Waals surface area (Å²) in [6.07, 6.45) is 0.905. The van der Waals surface area contributed by atoms with Gasteiger partial charge in [-0.2, -0.15) is 0 Å². The van der Waals surface area contributed by atoms with Crippen LogP contribution in [0.4, 0.5) is 0 Å². The van der Waals surface area contributed by atoms with E-state index in [0.29, 0.717) is 26.3 Å². The number of nitrogens with one attached hydrogen (secondary N) is 1. The highest BCUT2D eigenvalue weighted by atomic mass is 16.5. The summed E-state index contributed by atoms with van der Waals surface area (Å²) in [6, 6.07) is 0. The van der Waals surface area contributed by atoms with Crippen molar-refractivity contribution in [2.45, 2.75) is 13.3 Å². The fraction of sp³-hybridized carbons (Fsp3) is 0.917. The molecule has 1 fully saturated rings. The van der Waals surface area contributed by atoms with Gasteiger partial charge in [0.05, 0.1) is 18.6 Å². The monoisotopic (exact) mass is 244 g/mol. The SMILES string of the molecule is COCCN(CCOC)C(=O)C1(C)CCNC1. The molecule has 0 aromatic heterocycles. The van der Waals surface area contributed by atoms with Crippen LogP contribution < -0.4 is 5.32 Å². The van der Waals surface area contributed by atoms with Gasteiger partial charge in [-0.05, 0) is 19.9 Å². The molecule has 1 amide bonds. The number of carbonyl (C=O) groups is 1. The van der Waals surface area contributed by atoms with E-state index in [1.807, 2.05) is 11.8 Å². The lowest BCUT2D eigenvalue weighted by molar-refractivity contribution is -0.141. The molecule has 0 aliphatic carbocycles. The molecule has 1 unspecified atom stereocenters. The predicted molar refractivity (Wildman–Crippen MR) is 65.9 cm³/mol. The van der Waals surface area contributed by atoms with Crippen molar-refractivity contribution in [3.63, 3.8) is 0 Å². The molecule has 1 atom stereocenters. The number of methoxy groups -OCH3 is 2. The van der Waals surface area contributed by atoms with E-state index in [2.05, 4.69) is 5.32 Å². The lowest BCUT2D eigenvalue weighted by Gasteiger charge is -2.31. The minimum absolute atomic E-state index is 0.205. The summed E-state index contributed by atoms with van der Waals surface area (Å²) in [5.74, 6) is 0.205. The van der Waals surface area contributed by atoms with Crippen LogP contribution in [0.25, 0.3) is 0 Å². The van der Waals surface area contributed by atoms with Crippen molar-refractivity contribution in [3.8, 4) is 0 Å². The zero-order chi connectivity index (χ0) is 12.7. The van der Waals surface area contributed by atoms with Crippen LogP contribution in [0.5, 0.6) is 0 Å². The highest BCUT2D eigenvalue weighted by molar-refractivity contribution is 5.83. The molecule has 1 heterocycles. The number of amides is 1. The van der Waals surface area contributed by atoms with E-state index in [-0.39, 0.29) is 11.3 Å². The normalized spacial score (nSPS) is 23.9. The van der Waals surface area contributed by atoms with Crippen LogP contribution in [-0.4, -0.2) is 64.4 Å². The maximum absolute atomic E-state index is 12.5. The lowest BCUT2D eigenvalue weighted by atomic mass is 9.88. The van der Waals surface area contributed by atoms with Crippen LogP contribution in [0.15, 0.2) is 0 Å². The molecule has 5 heteroatoms. The smallest absolute Gasteiger partial charge is 0.230 e. The summed E-state index contributed by atoms with van der Waals surface area (Å²) in [4.78, 5) is 14.3. The Morgan fingerprint density at radius 2 is 1.88 bits per heavy atom. The van der Waals surface area contributed by atoms with Gasteiger partial charge < -0.3 is 19.7 Å². The van der Waals surface area contributed by atoms with Crippen molar-refractivity contribution in [1.29, 1.82) is 0 Å². The van der Waals surface area contributed by atoms with Gasteiger partial charge in [0.2, 0.25) is 5.91 Å². The molecule has 0 aromatic carbocycles. The Hall–Kier alpha value is -0.650. The third kappa shape index (κ3) is 3.94. The second-order valence-electron chi connectivity index (χ2n) is 4.77. The Kier molecular flexibility index (Phi) is 5.88. The average molecular weight is 244 g/mol. The first-order valence-electron chi connectivity index (χ1n) is 6.12. The second-order valence-corrected chi connectivity index (χ2v) is 4.77. The van der Waals surface area contributed by atoms with Gasteiger partial charge in [-0.3, -0.25) is 4.79 Å². The first-order chi connectivity index (χ1) is 8.14. The first kappa shape index (κ1) is 14.4. The molecular formula is C12H24N2O3. The number of rotatable bonds is 7. The molecule has 0 bridgehead atoms. The van der Waals surface area contributed by atoms with Gasteiger partial charge in [-0.25, -0.2) is 0 Å². The molecule has 5 nitrogen and oxygen atoms in total. The van der Waals surface area contributed by atoms with Crippen molar-refractivity contribution in [2.75, 3.05) is 53.6 Å². The molecule has 1 aliphatic rings. The van der Waals surface area contributed by atoms with Crippen LogP contribution in [0.1, 0.15) is 13.3 Å². The summed E-state index contributed by atoms with van der Waals surface area (Å²) in [5, 5.41) is 3.25. The van der Waals surface area contributed by atoms with Crippen molar-refractivity contribution >= 4 is 5.91 Å². The van der Waals surface area contributed by atoms with E-state index in [1.54, 1.807) is 14.2 Å². The molecule has 1 aliphatic heterocycles. The van der Waals surface area contributed by atoms with Gasteiger partial charge in [-0.15, -0.1) is 0 Å². The molecule has 0 radical (unpaired) electrons. The largest absolute Gasteiger partial charge is 0.383 e. The summed E-state index contributed by atoms with van der Waals surface area (Å²) in [6.45, 7) is 6.12. The third-order valence-corrected chi connectivity index (χ3v) is 3.30. The molecular weight excluding hydrogens is 220 g/mol. The van der Waals surface area contributed by atoms with E-state index >= 15 is 0 Å². The number of ether oxygens (including phenoxy) is 2. The maximum Gasteiger partial charge on any atom is 0.230 e. The van der Waals surface area contributed by atoms with Gasteiger partial charge in [-0.1, -0.05) is 0 Å². The zero-order valence-electron chi connectivity index (χ0n) is 11.1. The highest BCUT2D eigenvalue weighted by Gasteiger charge is 2.38. The Morgan fingerprint density at radius 3 is 2.29 bits per heavy atom. The standard InChI is InChI=1S/C12H24N2O3/c1-12(4-5-13-10-12)11(15)14(6-8-16-2)7-9-17-3/h13H,4-10H2,1-3H3. The summed E-state index contributed by atoms with van der Waals surface area (Å²) in [5.41, 5.74) is -0.262. The predicted octanol–water partition coefficient (Wildman–Crippen LogP) is 0.107. The van der Waals surface area contributed by atoms with E-state index in [4.69, 9.17) is 9.47 Å². The van der Waals surface area contributed by atoms with E-state index in [0.717, 1.165) is 19.5 Å². The van der Waals surface area contributed by atoms with Crippen molar-refractivity contribution in [2.24, 2.45) is 5.41 Å². The molecule has 0 saturated carbocycles. The Labute approximate surface area is 103 Å². The van der Waals surface area contributed by atoms with E-state index in [9.17, 15) is 4.79 Å². The average Bonchev–Trinajstić information content (AvgIpc) is 2.77. The van der Waals surface area contributed by atoms with Crippen LogP contribution in [0, 0.1) is 5.41 Å². The Balaban J connectivity index is 2.57. The molecule has 100 valence electrons. The number of hydrogen-bond donors (Lipinski definition) is 1. The maximum atomic E-state index is 12.5. The second kappa shape index (κ2) is 6.93. The van der Waals surface area contributed by atoms with Crippen molar-refractivity contribution < 1.29 is 14.3 Å². The fourth-order valence-electron chi connectivity index (χ4n) is 2.10. The Morgan fingerprint density at radius 1 is 1.29 bits per heavy atom. The minimum Gasteiger partial charge on any atom is -0.383 e. The summed E-state index contributed by atoms with van der Waals surface area (Å²) < 4.78 is 10.1. The van der Waals surface area contributed by atoms with Crippen LogP contribution in [-0.2, 0) is 14.3 Å². The Bertz CT molecular complexity index is 232. The number of nitrogens with zero attached hydrogens (tertiary/aromatic N) is 1. The molecule has 1 rings (SSSR count). The summed E-state index contributed by atoms with van der Waals surface area (Å²) in [7, 11) is 3.30. The van der Waals surface area contributed by atoms with Crippen molar-refractivity contribution in [1.82, 2.24) is 10.2 Å². The molecule has 1 N–H and O–H groups in total. The number of hydrogen-bond acceptors (Lipinski definition) is 4. The fourth-order valence-corrected chi connectivity index (χ4v) is 2.10. The van der Waals surface area contributed by atoms with Crippen LogP contribution in [0.3, 0.4) is 0 Å². The first-order valence-corrected chi connectivity index (χ1v) is 6.12. The number of carbonyl (C=O) groups excluding carboxylic acids is 1.